The van der Waals surface area contributed by atoms with Gasteiger partial charge in [-0.2, -0.15) is 5.26 Å². The lowest BCUT2D eigenvalue weighted by Gasteiger charge is -2.12. The van der Waals surface area contributed by atoms with Gasteiger partial charge in [-0.15, -0.1) is 0 Å². The number of fused-ring (bicyclic) bond motifs is 1. The van der Waals surface area contributed by atoms with E-state index in [-0.39, 0.29) is 6.61 Å². The zero-order valence-electron chi connectivity index (χ0n) is 12.9. The quantitative estimate of drug-likeness (QED) is 0.687. The Morgan fingerprint density at radius 3 is 2.57 bits per heavy atom. The second kappa shape index (κ2) is 5.98. The highest BCUT2D eigenvalue weighted by Gasteiger charge is 2.12. The minimum atomic E-state index is -0.410. The lowest BCUT2D eigenvalue weighted by atomic mass is 9.94. The molecule has 3 aromatic rings. The molecule has 2 aromatic carbocycles. The van der Waals surface area contributed by atoms with Crippen LogP contribution >= 0.6 is 0 Å². The minimum absolute atomic E-state index is 0.0493. The predicted octanol–water partition coefficient (Wildman–Crippen LogP) is 3.98. The maximum Gasteiger partial charge on any atom is 0.336 e. The van der Waals surface area contributed by atoms with Gasteiger partial charge in [-0.1, -0.05) is 18.2 Å². The first kappa shape index (κ1) is 14.9. The minimum Gasteiger partial charge on any atom is -0.479 e. The first-order valence-electron chi connectivity index (χ1n) is 7.24. The molecule has 0 fully saturated rings. The number of nitrogens with zero attached hydrogens (tertiary/aromatic N) is 1. The maximum absolute atomic E-state index is 12.0. The zero-order chi connectivity index (χ0) is 16.4. The van der Waals surface area contributed by atoms with Crippen LogP contribution in [0.3, 0.4) is 0 Å². The van der Waals surface area contributed by atoms with Crippen molar-refractivity contribution in [1.29, 1.82) is 5.26 Å². The monoisotopic (exact) mass is 305 g/mol. The summed E-state index contributed by atoms with van der Waals surface area (Å²) in [5.74, 6) is 0.501. The molecule has 4 nitrogen and oxygen atoms in total. The van der Waals surface area contributed by atoms with Crippen molar-refractivity contribution in [2.75, 3.05) is 6.61 Å². The number of hydrogen-bond acceptors (Lipinski definition) is 4. The number of aryl methyl sites for hydroxylation is 2. The molecule has 0 unspecified atom stereocenters. The number of nitriles is 1. The molecule has 1 aromatic heterocycles. The van der Waals surface area contributed by atoms with E-state index in [9.17, 15) is 4.79 Å². The van der Waals surface area contributed by atoms with Crippen molar-refractivity contribution in [2.45, 2.75) is 13.8 Å². The second-order valence-electron chi connectivity index (χ2n) is 5.35. The fourth-order valence-electron chi connectivity index (χ4n) is 2.79. The van der Waals surface area contributed by atoms with E-state index in [1.807, 2.05) is 44.2 Å². The Hall–Kier alpha value is -3.06. The topological polar surface area (TPSA) is 63.2 Å². The van der Waals surface area contributed by atoms with Gasteiger partial charge in [-0.25, -0.2) is 4.79 Å². The second-order valence-corrected chi connectivity index (χ2v) is 5.35. The van der Waals surface area contributed by atoms with Crippen molar-refractivity contribution >= 4 is 11.0 Å². The Balaban J connectivity index is 2.26. The third-order valence-electron chi connectivity index (χ3n) is 3.77. The third-order valence-corrected chi connectivity index (χ3v) is 3.77. The van der Waals surface area contributed by atoms with Gasteiger partial charge in [0, 0.05) is 23.1 Å². The van der Waals surface area contributed by atoms with Crippen LogP contribution in [0.2, 0.25) is 0 Å². The van der Waals surface area contributed by atoms with Crippen molar-refractivity contribution in [1.82, 2.24) is 0 Å². The van der Waals surface area contributed by atoms with Crippen LogP contribution in [0.4, 0.5) is 0 Å². The Morgan fingerprint density at radius 1 is 1.13 bits per heavy atom. The van der Waals surface area contributed by atoms with Gasteiger partial charge in [0.05, 0.1) is 0 Å². The molecular formula is C19H15NO3. The molecule has 3 rings (SSSR count). The van der Waals surface area contributed by atoms with Gasteiger partial charge in [0.2, 0.25) is 0 Å². The Labute approximate surface area is 133 Å². The molecule has 0 spiro atoms. The van der Waals surface area contributed by atoms with Crippen molar-refractivity contribution in [3.05, 3.63) is 64.0 Å². The summed E-state index contributed by atoms with van der Waals surface area (Å²) in [5, 5.41) is 9.43. The summed E-state index contributed by atoms with van der Waals surface area (Å²) in [6.07, 6.45) is 0. The largest absolute Gasteiger partial charge is 0.479 e. The summed E-state index contributed by atoms with van der Waals surface area (Å²) in [6, 6.07) is 14.7. The molecule has 1 heterocycles. The molecule has 0 saturated carbocycles. The van der Waals surface area contributed by atoms with Crippen LogP contribution < -0.4 is 10.4 Å². The highest BCUT2D eigenvalue weighted by molar-refractivity contribution is 5.95. The lowest BCUT2D eigenvalue weighted by Crippen LogP contribution is -2.00. The van der Waals surface area contributed by atoms with Crippen molar-refractivity contribution in [3.63, 3.8) is 0 Å². The average Bonchev–Trinajstić information content (AvgIpc) is 2.52. The van der Waals surface area contributed by atoms with E-state index in [1.165, 1.54) is 6.07 Å². The molecule has 0 radical (unpaired) electrons. The molecule has 114 valence electrons. The van der Waals surface area contributed by atoms with E-state index in [0.717, 1.165) is 27.6 Å². The van der Waals surface area contributed by atoms with Crippen LogP contribution in [-0.4, -0.2) is 6.61 Å². The average molecular weight is 305 g/mol. The van der Waals surface area contributed by atoms with Crippen LogP contribution in [0, 0.1) is 25.2 Å². The van der Waals surface area contributed by atoms with Crippen LogP contribution in [0.5, 0.6) is 5.75 Å². The van der Waals surface area contributed by atoms with Crippen LogP contribution in [0.25, 0.3) is 22.1 Å². The van der Waals surface area contributed by atoms with Crippen LogP contribution in [-0.2, 0) is 0 Å². The standard InChI is InChI=1S/C19H15NO3/c1-12-4-3-5-13(2)19(12)16-11-18(21)23-17-10-14(22-9-8-20)6-7-15(16)17/h3-7,10-11H,9H2,1-2H3. The fraction of sp³-hybridized carbons (Fsp3) is 0.158. The van der Waals surface area contributed by atoms with Gasteiger partial charge in [0.1, 0.15) is 17.4 Å². The number of hydrogen-bond donors (Lipinski definition) is 0. The van der Waals surface area contributed by atoms with Crippen LogP contribution in [0.1, 0.15) is 11.1 Å². The van der Waals surface area contributed by atoms with Crippen molar-refractivity contribution < 1.29 is 9.15 Å². The highest BCUT2D eigenvalue weighted by Crippen LogP contribution is 2.33. The van der Waals surface area contributed by atoms with Gasteiger partial charge in [0.15, 0.2) is 6.61 Å². The molecule has 0 aliphatic rings. The van der Waals surface area contributed by atoms with E-state index in [2.05, 4.69) is 0 Å². The predicted molar refractivity (Wildman–Crippen MR) is 88.5 cm³/mol. The molecule has 0 atom stereocenters. The smallest absolute Gasteiger partial charge is 0.336 e. The molecule has 0 aliphatic heterocycles. The van der Waals surface area contributed by atoms with Gasteiger partial charge < -0.3 is 9.15 Å². The number of rotatable bonds is 3. The first-order chi connectivity index (χ1) is 11.1. The zero-order valence-corrected chi connectivity index (χ0v) is 12.9. The SMILES string of the molecule is Cc1cccc(C)c1-c1cc(=O)oc2cc(OCC#N)ccc12. The molecule has 0 N–H and O–H groups in total. The summed E-state index contributed by atoms with van der Waals surface area (Å²) < 4.78 is 10.6. The van der Waals surface area contributed by atoms with Gasteiger partial charge >= 0.3 is 5.63 Å². The molecule has 23 heavy (non-hydrogen) atoms. The molecule has 0 saturated heterocycles. The molecular weight excluding hydrogens is 290 g/mol. The van der Waals surface area contributed by atoms with Crippen molar-refractivity contribution in [2.24, 2.45) is 0 Å². The van der Waals surface area contributed by atoms with Crippen LogP contribution in [0.15, 0.2) is 51.7 Å². The molecule has 0 amide bonds. The number of benzene rings is 2. The Bertz CT molecular complexity index is 960. The summed E-state index contributed by atoms with van der Waals surface area (Å²) in [4.78, 5) is 12.0. The summed E-state index contributed by atoms with van der Waals surface area (Å²) >= 11 is 0. The molecule has 0 bridgehead atoms. The molecule has 0 aliphatic carbocycles. The van der Waals surface area contributed by atoms with Gasteiger partial charge in [-0.05, 0) is 42.7 Å². The van der Waals surface area contributed by atoms with E-state index < -0.39 is 5.63 Å². The number of ether oxygens (including phenoxy) is 1. The molecule has 4 heteroatoms. The third kappa shape index (κ3) is 2.82. The fourth-order valence-corrected chi connectivity index (χ4v) is 2.79. The van der Waals surface area contributed by atoms with E-state index in [0.29, 0.717) is 11.3 Å². The summed E-state index contributed by atoms with van der Waals surface area (Å²) in [7, 11) is 0. The van der Waals surface area contributed by atoms with Gasteiger partial charge in [-0.3, -0.25) is 0 Å². The van der Waals surface area contributed by atoms with Gasteiger partial charge in [0.25, 0.3) is 0 Å². The van der Waals surface area contributed by atoms with E-state index >= 15 is 0 Å². The summed E-state index contributed by atoms with van der Waals surface area (Å²) in [5.41, 5.74) is 4.12. The Kier molecular flexibility index (Phi) is 3.86. The van der Waals surface area contributed by atoms with E-state index in [4.69, 9.17) is 14.4 Å². The van der Waals surface area contributed by atoms with Crippen molar-refractivity contribution in [3.8, 4) is 22.9 Å². The lowest BCUT2D eigenvalue weighted by molar-refractivity contribution is 0.368. The maximum atomic E-state index is 12.0. The van der Waals surface area contributed by atoms with E-state index in [1.54, 1.807) is 12.1 Å². The normalized spacial score (nSPS) is 10.5. The highest BCUT2D eigenvalue weighted by atomic mass is 16.5. The summed E-state index contributed by atoms with van der Waals surface area (Å²) in [6.45, 7) is 3.99. The Morgan fingerprint density at radius 2 is 1.87 bits per heavy atom. The first-order valence-corrected chi connectivity index (χ1v) is 7.24.